The van der Waals surface area contributed by atoms with Gasteiger partial charge in [0.1, 0.15) is 18.1 Å². The summed E-state index contributed by atoms with van der Waals surface area (Å²) in [5.74, 6) is 1.08. The van der Waals surface area contributed by atoms with Crippen molar-refractivity contribution < 1.29 is 14.3 Å². The second-order valence-corrected chi connectivity index (χ2v) is 11.1. The van der Waals surface area contributed by atoms with E-state index in [1.165, 1.54) is 11.0 Å². The van der Waals surface area contributed by atoms with Gasteiger partial charge in [-0.25, -0.2) is 9.78 Å². The van der Waals surface area contributed by atoms with Crippen molar-refractivity contribution in [2.24, 2.45) is 5.92 Å². The summed E-state index contributed by atoms with van der Waals surface area (Å²) in [6.07, 6.45) is 7.25. The van der Waals surface area contributed by atoms with Crippen molar-refractivity contribution in [2.75, 3.05) is 5.32 Å². The number of rotatable bonds is 9. The first-order valence-electron chi connectivity index (χ1n) is 13.7. The van der Waals surface area contributed by atoms with Gasteiger partial charge in [0.25, 0.3) is 0 Å². The van der Waals surface area contributed by atoms with Crippen LogP contribution in [0.15, 0.2) is 73.3 Å². The predicted molar refractivity (Wildman–Crippen MR) is 157 cm³/mol. The van der Waals surface area contributed by atoms with Gasteiger partial charge in [-0.05, 0) is 78.6 Å². The lowest BCUT2D eigenvalue weighted by molar-refractivity contribution is -0.614. The van der Waals surface area contributed by atoms with E-state index in [-0.39, 0.29) is 12.0 Å². The Bertz CT molecular complexity index is 1700. The Kier molecular flexibility index (Phi) is 7.58. The molecule has 1 saturated carbocycles. The number of nitrogens with one attached hydrogen (secondary N) is 2. The number of imidazole rings is 1. The number of halogens is 1. The number of H-pyrrole nitrogens is 1. The lowest BCUT2D eigenvalue weighted by Crippen LogP contribution is -2.34. The van der Waals surface area contributed by atoms with Crippen LogP contribution in [0.4, 0.5) is 10.5 Å². The summed E-state index contributed by atoms with van der Waals surface area (Å²) >= 11 is 6.31. The molecule has 3 heterocycles. The largest absolute Gasteiger partial charge is 0.618 e. The maximum atomic E-state index is 13.5. The molecule has 3 aromatic heterocycles. The average molecular weight is 585 g/mol. The first-order valence-corrected chi connectivity index (χ1v) is 14.1. The van der Waals surface area contributed by atoms with E-state index in [1.807, 2.05) is 42.5 Å². The molecular formula is C30H29ClN8O3. The van der Waals surface area contributed by atoms with Crippen molar-refractivity contribution in [1.82, 2.24) is 30.2 Å². The van der Waals surface area contributed by atoms with E-state index in [4.69, 9.17) is 21.3 Å². The first kappa shape index (κ1) is 27.4. The van der Waals surface area contributed by atoms with Crippen molar-refractivity contribution in [3.8, 4) is 28.1 Å². The molecule has 2 aromatic carbocycles. The number of carbonyl (C=O) groups is 1. The summed E-state index contributed by atoms with van der Waals surface area (Å²) in [6.45, 7) is 3.59. The number of tetrazole rings is 1. The quantitative estimate of drug-likeness (QED) is 0.163. The number of aromatic amines is 1. The van der Waals surface area contributed by atoms with E-state index in [2.05, 4.69) is 25.8 Å². The molecule has 1 aliphatic rings. The van der Waals surface area contributed by atoms with Crippen molar-refractivity contribution in [2.45, 2.75) is 45.1 Å². The van der Waals surface area contributed by atoms with Gasteiger partial charge in [0.15, 0.2) is 6.20 Å². The molecule has 1 aliphatic carbocycles. The maximum Gasteiger partial charge on any atom is 0.411 e. The number of ether oxygens (including phenoxy) is 1. The molecule has 1 amide bonds. The molecule has 11 nitrogen and oxygen atoms in total. The molecule has 5 aromatic rings. The minimum absolute atomic E-state index is 0.202. The van der Waals surface area contributed by atoms with Crippen molar-refractivity contribution in [3.05, 3.63) is 95.1 Å². The van der Waals surface area contributed by atoms with Gasteiger partial charge >= 0.3 is 6.09 Å². The fourth-order valence-electron chi connectivity index (χ4n) is 4.95. The molecule has 214 valence electrons. The average Bonchev–Trinajstić information content (AvgIpc) is 3.39. The maximum absolute atomic E-state index is 13.5. The number of anilines is 1. The van der Waals surface area contributed by atoms with Gasteiger partial charge in [0, 0.05) is 27.9 Å². The van der Waals surface area contributed by atoms with Gasteiger partial charge in [0.2, 0.25) is 5.69 Å². The highest BCUT2D eigenvalue weighted by Crippen LogP contribution is 2.41. The van der Waals surface area contributed by atoms with Gasteiger partial charge in [-0.2, -0.15) is 9.41 Å². The molecule has 0 bridgehead atoms. The van der Waals surface area contributed by atoms with E-state index in [0.717, 1.165) is 46.6 Å². The van der Waals surface area contributed by atoms with Crippen LogP contribution in [0.5, 0.6) is 0 Å². The molecule has 0 saturated heterocycles. The lowest BCUT2D eigenvalue weighted by Gasteiger charge is -2.16. The molecule has 1 fully saturated rings. The third-order valence-corrected chi connectivity index (χ3v) is 7.38. The standard InChI is InChI=1S/C30H29ClN8O3/c1-18(2)42-30(40)34-23-9-5-20(6-10-23)26-15-32-29(35-26)25(13-19-3-4-19)28-11-7-21(16-39(28)41)24-14-22(31)8-12-27(24)38-17-33-36-37-38/h5-12,14-19,25H,3-4,13H2,1-2H3,(H,32,35)(H,34,40). The van der Waals surface area contributed by atoms with E-state index >= 15 is 0 Å². The van der Waals surface area contributed by atoms with Gasteiger partial charge in [-0.3, -0.25) is 5.32 Å². The summed E-state index contributed by atoms with van der Waals surface area (Å²) in [6, 6.07) is 16.6. The zero-order chi connectivity index (χ0) is 29.2. The monoisotopic (exact) mass is 584 g/mol. The minimum Gasteiger partial charge on any atom is -0.618 e. The fraction of sp³-hybridized carbons (Fsp3) is 0.267. The van der Waals surface area contributed by atoms with Crippen LogP contribution in [0.2, 0.25) is 5.02 Å². The van der Waals surface area contributed by atoms with Gasteiger partial charge < -0.3 is 14.9 Å². The Balaban J connectivity index is 1.27. The van der Waals surface area contributed by atoms with Crippen LogP contribution >= 0.6 is 11.6 Å². The summed E-state index contributed by atoms with van der Waals surface area (Å²) < 4.78 is 7.60. The van der Waals surface area contributed by atoms with Crippen molar-refractivity contribution >= 4 is 23.4 Å². The summed E-state index contributed by atoms with van der Waals surface area (Å²) in [4.78, 5) is 20.0. The molecule has 42 heavy (non-hydrogen) atoms. The van der Waals surface area contributed by atoms with E-state index in [1.54, 1.807) is 38.4 Å². The Morgan fingerprint density at radius 1 is 1.17 bits per heavy atom. The van der Waals surface area contributed by atoms with Crippen LogP contribution in [-0.4, -0.2) is 42.4 Å². The third-order valence-electron chi connectivity index (χ3n) is 7.14. The van der Waals surface area contributed by atoms with E-state index in [9.17, 15) is 10.0 Å². The van der Waals surface area contributed by atoms with Crippen LogP contribution in [0.3, 0.4) is 0 Å². The van der Waals surface area contributed by atoms with Crippen LogP contribution in [0, 0.1) is 11.1 Å². The van der Waals surface area contributed by atoms with E-state index < -0.39 is 6.09 Å². The topological polar surface area (TPSA) is 138 Å². The lowest BCUT2D eigenvalue weighted by atomic mass is 9.95. The van der Waals surface area contributed by atoms with Crippen molar-refractivity contribution in [3.63, 3.8) is 0 Å². The summed E-state index contributed by atoms with van der Waals surface area (Å²) in [5.41, 5.74) is 5.11. The van der Waals surface area contributed by atoms with Gasteiger partial charge in [-0.15, -0.1) is 5.10 Å². The summed E-state index contributed by atoms with van der Waals surface area (Å²) in [5, 5.41) is 28.2. The highest BCUT2D eigenvalue weighted by molar-refractivity contribution is 6.31. The van der Waals surface area contributed by atoms with Gasteiger partial charge in [-0.1, -0.05) is 36.6 Å². The number of benzene rings is 2. The second kappa shape index (κ2) is 11.6. The molecule has 1 atom stereocenters. The van der Waals surface area contributed by atoms with Crippen molar-refractivity contribution in [1.29, 1.82) is 0 Å². The number of amides is 1. The zero-order valence-corrected chi connectivity index (χ0v) is 23.8. The fourth-order valence-corrected chi connectivity index (χ4v) is 5.12. The molecule has 2 N–H and O–H groups in total. The highest BCUT2D eigenvalue weighted by Gasteiger charge is 2.33. The smallest absolute Gasteiger partial charge is 0.411 e. The first-order chi connectivity index (χ1) is 20.3. The number of pyridine rings is 1. The molecular weight excluding hydrogens is 556 g/mol. The second-order valence-electron chi connectivity index (χ2n) is 10.7. The SMILES string of the molecule is CC(C)OC(=O)Nc1ccc(-c2cnc(C(CC3CC3)c3ccc(-c4cc(Cl)ccc4-n4cnnn4)c[n+]3[O-])[nH]2)cc1. The molecule has 0 spiro atoms. The third kappa shape index (κ3) is 6.10. The molecule has 0 radical (unpaired) electrons. The van der Waals surface area contributed by atoms with Crippen LogP contribution < -0.4 is 10.0 Å². The highest BCUT2D eigenvalue weighted by atomic mass is 35.5. The Labute approximate surface area is 247 Å². The molecule has 12 heteroatoms. The Morgan fingerprint density at radius 2 is 1.95 bits per heavy atom. The van der Waals surface area contributed by atoms with Gasteiger partial charge in [0.05, 0.1) is 23.7 Å². The Hall–Kier alpha value is -4.77. The number of aromatic nitrogens is 7. The number of carbonyl (C=O) groups excluding carboxylic acids is 1. The van der Waals surface area contributed by atoms with E-state index in [0.29, 0.717) is 33.6 Å². The molecule has 1 unspecified atom stereocenters. The zero-order valence-electron chi connectivity index (χ0n) is 23.1. The molecule has 6 rings (SSSR count). The minimum atomic E-state index is -0.497. The normalized spacial score (nSPS) is 13.7. The number of hydrogen-bond acceptors (Lipinski definition) is 7. The van der Waals surface area contributed by atoms with Crippen LogP contribution in [-0.2, 0) is 4.74 Å². The number of nitrogens with zero attached hydrogens (tertiary/aromatic N) is 6. The van der Waals surface area contributed by atoms with Crippen LogP contribution in [0.1, 0.15) is 50.5 Å². The molecule has 0 aliphatic heterocycles. The predicted octanol–water partition coefficient (Wildman–Crippen LogP) is 5.90. The summed E-state index contributed by atoms with van der Waals surface area (Å²) in [7, 11) is 0. The Morgan fingerprint density at radius 3 is 2.64 bits per heavy atom. The van der Waals surface area contributed by atoms with Crippen LogP contribution in [0.25, 0.3) is 28.1 Å². The number of hydrogen-bond donors (Lipinski definition) is 2.